The number of carbonyl (C=O) groups is 1. The average molecular weight is 330 g/mol. The normalized spacial score (nSPS) is 24.9. The van der Waals surface area contributed by atoms with Crippen LogP contribution in [0, 0.1) is 5.41 Å². The van der Waals surface area contributed by atoms with Crippen molar-refractivity contribution in [3.05, 3.63) is 35.5 Å². The van der Waals surface area contributed by atoms with Gasteiger partial charge in [0, 0.05) is 49.0 Å². The predicted octanol–water partition coefficient (Wildman–Crippen LogP) is 3.34. The van der Waals surface area contributed by atoms with E-state index in [4.69, 9.17) is 11.6 Å². The number of anilines is 1. The van der Waals surface area contributed by atoms with Crippen molar-refractivity contribution in [1.82, 2.24) is 9.88 Å². The molecule has 0 unspecified atom stereocenters. The quantitative estimate of drug-likeness (QED) is 0.805. The summed E-state index contributed by atoms with van der Waals surface area (Å²) in [5.41, 5.74) is 1.86. The molecule has 23 heavy (non-hydrogen) atoms. The van der Waals surface area contributed by atoms with Crippen LogP contribution < -0.4 is 4.90 Å². The molecule has 1 amide bonds. The number of carbonyl (C=O) groups excluding carboxylic acids is 1. The van der Waals surface area contributed by atoms with E-state index in [0.29, 0.717) is 10.9 Å². The highest BCUT2D eigenvalue weighted by atomic mass is 35.5. The van der Waals surface area contributed by atoms with Crippen LogP contribution in [0.4, 0.5) is 5.69 Å². The summed E-state index contributed by atoms with van der Waals surface area (Å²) < 4.78 is 0. The molecule has 2 aliphatic heterocycles. The number of likely N-dealkylation sites (tertiary alicyclic amines) is 1. The van der Waals surface area contributed by atoms with Crippen LogP contribution in [-0.4, -0.2) is 42.5 Å². The van der Waals surface area contributed by atoms with Crippen LogP contribution in [0.1, 0.15) is 19.3 Å². The fourth-order valence-corrected chi connectivity index (χ4v) is 4.27. The summed E-state index contributed by atoms with van der Waals surface area (Å²) in [6.45, 7) is 2.61. The minimum absolute atomic E-state index is 0.199. The first kappa shape index (κ1) is 14.8. The number of hydrogen-bond acceptors (Lipinski definition) is 3. The molecule has 2 fully saturated rings. The van der Waals surface area contributed by atoms with Gasteiger partial charge in [0.05, 0.1) is 10.9 Å². The van der Waals surface area contributed by atoms with Crippen molar-refractivity contribution in [2.45, 2.75) is 19.3 Å². The topological polar surface area (TPSA) is 36.4 Å². The van der Waals surface area contributed by atoms with E-state index in [1.807, 2.05) is 42.4 Å². The lowest BCUT2D eigenvalue weighted by molar-refractivity contribution is -0.143. The van der Waals surface area contributed by atoms with Crippen LogP contribution >= 0.6 is 11.6 Å². The average Bonchev–Trinajstić information content (AvgIpc) is 2.97. The van der Waals surface area contributed by atoms with Gasteiger partial charge in [-0.3, -0.25) is 9.78 Å². The van der Waals surface area contributed by atoms with Gasteiger partial charge in [-0.25, -0.2) is 0 Å². The van der Waals surface area contributed by atoms with Crippen molar-refractivity contribution in [2.24, 2.45) is 5.41 Å². The van der Waals surface area contributed by atoms with Gasteiger partial charge in [0.25, 0.3) is 0 Å². The maximum absolute atomic E-state index is 12.7. The molecule has 0 N–H and O–H groups in total. The van der Waals surface area contributed by atoms with E-state index in [9.17, 15) is 4.79 Å². The van der Waals surface area contributed by atoms with Crippen LogP contribution in [0.15, 0.2) is 30.5 Å². The molecule has 1 aromatic heterocycles. The van der Waals surface area contributed by atoms with E-state index < -0.39 is 0 Å². The number of aromatic nitrogens is 1. The van der Waals surface area contributed by atoms with Gasteiger partial charge < -0.3 is 9.80 Å². The third-order valence-electron chi connectivity index (χ3n) is 5.33. The summed E-state index contributed by atoms with van der Waals surface area (Å²) in [4.78, 5) is 21.4. The number of piperidine rings is 1. The summed E-state index contributed by atoms with van der Waals surface area (Å²) in [7, 11) is 1.93. The fraction of sp³-hybridized carbons (Fsp3) is 0.444. The van der Waals surface area contributed by atoms with Gasteiger partial charge in [-0.05, 0) is 43.5 Å². The van der Waals surface area contributed by atoms with E-state index in [1.54, 1.807) is 0 Å². The Morgan fingerprint density at radius 2 is 2.09 bits per heavy atom. The highest BCUT2D eigenvalue weighted by Gasteiger charge is 2.47. The second-order valence-electron chi connectivity index (χ2n) is 6.77. The van der Waals surface area contributed by atoms with Gasteiger partial charge in [-0.2, -0.15) is 0 Å². The Balaban J connectivity index is 1.69. The smallest absolute Gasteiger partial charge is 0.230 e. The van der Waals surface area contributed by atoms with Crippen molar-refractivity contribution < 1.29 is 4.79 Å². The summed E-state index contributed by atoms with van der Waals surface area (Å²) in [6, 6.07) is 7.87. The molecule has 4 rings (SSSR count). The van der Waals surface area contributed by atoms with Crippen LogP contribution in [0.25, 0.3) is 10.9 Å². The molecule has 2 aromatic rings. The highest BCUT2D eigenvalue weighted by molar-refractivity contribution is 6.31. The van der Waals surface area contributed by atoms with E-state index >= 15 is 0 Å². The number of halogens is 1. The first-order valence-electron chi connectivity index (χ1n) is 8.14. The van der Waals surface area contributed by atoms with Crippen molar-refractivity contribution in [2.75, 3.05) is 31.6 Å². The lowest BCUT2D eigenvalue weighted by Crippen LogP contribution is -2.48. The van der Waals surface area contributed by atoms with Gasteiger partial charge in [-0.1, -0.05) is 11.6 Å². The number of benzene rings is 1. The Bertz CT molecular complexity index is 778. The summed E-state index contributed by atoms with van der Waals surface area (Å²) in [5.74, 6) is 0.313. The van der Waals surface area contributed by atoms with Gasteiger partial charge in [-0.15, -0.1) is 0 Å². The number of pyridine rings is 1. The van der Waals surface area contributed by atoms with Gasteiger partial charge >= 0.3 is 0 Å². The summed E-state index contributed by atoms with van der Waals surface area (Å²) in [6.07, 6.45) is 4.87. The molecule has 1 spiro atoms. The number of rotatable bonds is 1. The number of nitrogens with zero attached hydrogens (tertiary/aromatic N) is 3. The number of amides is 1. The molecule has 4 nitrogen and oxygen atoms in total. The van der Waals surface area contributed by atoms with Crippen LogP contribution in [-0.2, 0) is 4.79 Å². The SMILES string of the molecule is CN1CCC[C@]2(CCN(c3ccnc4cc(Cl)ccc34)C2)C1=O. The molecule has 120 valence electrons. The maximum Gasteiger partial charge on any atom is 0.230 e. The van der Waals surface area contributed by atoms with Crippen molar-refractivity contribution >= 4 is 34.1 Å². The lowest BCUT2D eigenvalue weighted by Gasteiger charge is -2.37. The third kappa shape index (κ3) is 2.36. The fourth-order valence-electron chi connectivity index (χ4n) is 4.11. The number of fused-ring (bicyclic) bond motifs is 1. The van der Waals surface area contributed by atoms with Crippen LogP contribution in [0.2, 0.25) is 5.02 Å². The Kier molecular flexibility index (Phi) is 3.45. The van der Waals surface area contributed by atoms with E-state index in [-0.39, 0.29) is 5.41 Å². The van der Waals surface area contributed by atoms with Crippen molar-refractivity contribution in [1.29, 1.82) is 0 Å². The molecule has 1 aromatic carbocycles. The van der Waals surface area contributed by atoms with Crippen molar-refractivity contribution in [3.63, 3.8) is 0 Å². The van der Waals surface area contributed by atoms with E-state index in [2.05, 4.69) is 9.88 Å². The lowest BCUT2D eigenvalue weighted by atomic mass is 9.78. The minimum Gasteiger partial charge on any atom is -0.370 e. The number of hydrogen-bond donors (Lipinski definition) is 0. The summed E-state index contributed by atoms with van der Waals surface area (Å²) in [5, 5.41) is 1.80. The van der Waals surface area contributed by atoms with Gasteiger partial charge in [0.2, 0.25) is 5.91 Å². The molecule has 1 atom stereocenters. The molecular weight excluding hydrogens is 310 g/mol. The Morgan fingerprint density at radius 3 is 2.96 bits per heavy atom. The molecular formula is C18H20ClN3O. The monoisotopic (exact) mass is 329 g/mol. The molecule has 0 aliphatic carbocycles. The zero-order chi connectivity index (χ0) is 16.0. The Hall–Kier alpha value is -1.81. The largest absolute Gasteiger partial charge is 0.370 e. The molecule has 0 bridgehead atoms. The molecule has 0 radical (unpaired) electrons. The molecule has 0 saturated carbocycles. The Labute approximate surface area is 141 Å². The predicted molar refractivity (Wildman–Crippen MR) is 92.9 cm³/mol. The standard InChI is InChI=1S/C18H20ClN3O/c1-21-9-2-6-18(17(21)23)7-10-22(12-18)16-5-8-20-15-11-13(19)3-4-14(15)16/h3-5,8,11H,2,6-7,9-10,12H2,1H3/t18-/m1/s1. The summed E-state index contributed by atoms with van der Waals surface area (Å²) >= 11 is 6.08. The molecule has 2 saturated heterocycles. The second kappa shape index (κ2) is 5.38. The van der Waals surface area contributed by atoms with Crippen LogP contribution in [0.3, 0.4) is 0 Å². The Morgan fingerprint density at radius 1 is 1.22 bits per heavy atom. The molecule has 3 heterocycles. The van der Waals surface area contributed by atoms with Gasteiger partial charge in [0.1, 0.15) is 0 Å². The van der Waals surface area contributed by atoms with Crippen LogP contribution in [0.5, 0.6) is 0 Å². The second-order valence-corrected chi connectivity index (χ2v) is 7.21. The minimum atomic E-state index is -0.199. The van der Waals surface area contributed by atoms with E-state index in [0.717, 1.165) is 55.5 Å². The third-order valence-corrected chi connectivity index (χ3v) is 5.56. The molecule has 5 heteroatoms. The highest BCUT2D eigenvalue weighted by Crippen LogP contribution is 2.42. The first-order chi connectivity index (χ1) is 11.1. The van der Waals surface area contributed by atoms with E-state index in [1.165, 1.54) is 0 Å². The zero-order valence-corrected chi connectivity index (χ0v) is 14.0. The zero-order valence-electron chi connectivity index (χ0n) is 13.3. The molecule has 2 aliphatic rings. The maximum atomic E-state index is 12.7. The van der Waals surface area contributed by atoms with Crippen molar-refractivity contribution in [3.8, 4) is 0 Å². The van der Waals surface area contributed by atoms with Gasteiger partial charge in [0.15, 0.2) is 0 Å². The first-order valence-corrected chi connectivity index (χ1v) is 8.52.